The monoisotopic (exact) mass is 357 g/mol. The molecule has 1 amide bonds. The van der Waals surface area contributed by atoms with Crippen LogP contribution in [0.5, 0.6) is 0 Å². The molecule has 2 nitrogen and oxygen atoms in total. The Morgan fingerprint density at radius 2 is 1.30 bits per heavy atom. The lowest BCUT2D eigenvalue weighted by Gasteiger charge is -2.27. The molecule has 0 unspecified atom stereocenters. The molecular weight excluding hydrogens is 330 g/mol. The first kappa shape index (κ1) is 18.9. The maximum atomic E-state index is 13.0. The highest BCUT2D eigenvalue weighted by molar-refractivity contribution is 5.96. The maximum absolute atomic E-state index is 13.0. The first-order valence-electron chi connectivity index (χ1n) is 9.52. The van der Waals surface area contributed by atoms with E-state index >= 15 is 0 Å². The van der Waals surface area contributed by atoms with E-state index in [1.54, 1.807) is 0 Å². The lowest BCUT2D eigenvalue weighted by molar-refractivity contribution is 0.0912. The smallest absolute Gasteiger partial charge is 0.251 e. The van der Waals surface area contributed by atoms with Crippen molar-refractivity contribution in [2.45, 2.75) is 38.6 Å². The second-order valence-corrected chi connectivity index (χ2v) is 7.64. The molecule has 3 aromatic rings. The fourth-order valence-corrected chi connectivity index (χ4v) is 3.41. The molecule has 1 N–H and O–H groups in total. The van der Waals surface area contributed by atoms with E-state index in [0.717, 1.165) is 30.4 Å². The van der Waals surface area contributed by atoms with E-state index in [0.29, 0.717) is 0 Å². The first-order chi connectivity index (χ1) is 13.0. The molecule has 0 aromatic heterocycles. The van der Waals surface area contributed by atoms with Crippen LogP contribution in [0.1, 0.15) is 40.9 Å². The second-order valence-electron chi connectivity index (χ2n) is 7.64. The Kier molecular flexibility index (Phi) is 6.08. The van der Waals surface area contributed by atoms with Gasteiger partial charge in [0.2, 0.25) is 0 Å². The van der Waals surface area contributed by atoms with Crippen LogP contribution in [0.2, 0.25) is 0 Å². The Hall–Kier alpha value is -2.87. The molecular formula is C25H27NO. The highest BCUT2D eigenvalue weighted by Crippen LogP contribution is 2.17. The molecule has 27 heavy (non-hydrogen) atoms. The van der Waals surface area contributed by atoms with Crippen LogP contribution in [0.15, 0.2) is 84.9 Å². The number of hydrogen-bond donors (Lipinski definition) is 1. The van der Waals surface area contributed by atoms with Crippen molar-refractivity contribution in [3.63, 3.8) is 0 Å². The van der Waals surface area contributed by atoms with Crippen molar-refractivity contribution in [2.24, 2.45) is 0 Å². The Labute approximate surface area is 162 Å². The summed E-state index contributed by atoms with van der Waals surface area (Å²) in [5, 5.41) is 3.22. The topological polar surface area (TPSA) is 29.1 Å². The van der Waals surface area contributed by atoms with Crippen molar-refractivity contribution in [1.29, 1.82) is 0 Å². The van der Waals surface area contributed by atoms with Gasteiger partial charge in [0.15, 0.2) is 0 Å². The van der Waals surface area contributed by atoms with Crippen molar-refractivity contribution in [3.8, 4) is 0 Å². The predicted octanol–water partition coefficient (Wildman–Crippen LogP) is 5.22. The van der Waals surface area contributed by atoms with E-state index in [9.17, 15) is 4.79 Å². The zero-order valence-corrected chi connectivity index (χ0v) is 16.1. The molecule has 0 atom stereocenters. The van der Waals surface area contributed by atoms with Gasteiger partial charge in [-0.1, -0.05) is 78.9 Å². The fraction of sp³-hybridized carbons (Fsp3) is 0.240. The van der Waals surface area contributed by atoms with Gasteiger partial charge in [0.1, 0.15) is 0 Å². The van der Waals surface area contributed by atoms with Crippen LogP contribution >= 0.6 is 0 Å². The third-order valence-corrected chi connectivity index (χ3v) is 4.73. The number of carbonyl (C=O) groups is 1. The molecule has 3 aromatic carbocycles. The van der Waals surface area contributed by atoms with E-state index < -0.39 is 0 Å². The van der Waals surface area contributed by atoms with Gasteiger partial charge >= 0.3 is 0 Å². The SMILES string of the molecule is CC(C)(Cc1ccccc1)NC(=O)c1ccccc1CCc1ccccc1. The predicted molar refractivity (Wildman–Crippen MR) is 112 cm³/mol. The molecule has 2 heteroatoms. The van der Waals surface area contributed by atoms with Gasteiger partial charge in [0.05, 0.1) is 0 Å². The third kappa shape index (κ3) is 5.55. The summed E-state index contributed by atoms with van der Waals surface area (Å²) in [7, 11) is 0. The van der Waals surface area contributed by atoms with Crippen LogP contribution in [0.4, 0.5) is 0 Å². The molecule has 138 valence electrons. The number of aryl methyl sites for hydroxylation is 2. The van der Waals surface area contributed by atoms with E-state index in [1.807, 2.05) is 42.5 Å². The van der Waals surface area contributed by atoms with Gasteiger partial charge in [0.25, 0.3) is 5.91 Å². The normalized spacial score (nSPS) is 11.2. The quantitative estimate of drug-likeness (QED) is 0.617. The standard InChI is InChI=1S/C25H27NO/c1-25(2,19-21-13-7-4-8-14-21)26-24(27)23-16-10-9-15-22(23)18-17-20-11-5-3-6-12-20/h3-16H,17-19H2,1-2H3,(H,26,27). The van der Waals surface area contributed by atoms with Gasteiger partial charge in [-0.25, -0.2) is 0 Å². The van der Waals surface area contributed by atoms with Crippen LogP contribution in [0.3, 0.4) is 0 Å². The molecule has 0 saturated carbocycles. The molecule has 0 bridgehead atoms. The number of carbonyl (C=O) groups excluding carboxylic acids is 1. The zero-order valence-electron chi connectivity index (χ0n) is 16.1. The van der Waals surface area contributed by atoms with Crippen LogP contribution in [-0.2, 0) is 19.3 Å². The van der Waals surface area contributed by atoms with Crippen LogP contribution in [0.25, 0.3) is 0 Å². The Morgan fingerprint density at radius 1 is 0.741 bits per heavy atom. The first-order valence-corrected chi connectivity index (χ1v) is 9.52. The van der Waals surface area contributed by atoms with Gasteiger partial charge in [0, 0.05) is 11.1 Å². The summed E-state index contributed by atoms with van der Waals surface area (Å²) in [4.78, 5) is 13.0. The van der Waals surface area contributed by atoms with Crippen molar-refractivity contribution < 1.29 is 4.79 Å². The van der Waals surface area contributed by atoms with Crippen molar-refractivity contribution in [2.75, 3.05) is 0 Å². The van der Waals surface area contributed by atoms with E-state index in [4.69, 9.17) is 0 Å². The minimum Gasteiger partial charge on any atom is -0.347 e. The van der Waals surface area contributed by atoms with Crippen molar-refractivity contribution >= 4 is 5.91 Å². The molecule has 0 spiro atoms. The molecule has 0 aliphatic heterocycles. The van der Waals surface area contributed by atoms with E-state index in [1.165, 1.54) is 11.1 Å². The molecule has 0 aliphatic rings. The van der Waals surface area contributed by atoms with Gasteiger partial charge in [-0.2, -0.15) is 0 Å². The average Bonchev–Trinajstić information content (AvgIpc) is 2.67. The summed E-state index contributed by atoms with van der Waals surface area (Å²) in [6, 6.07) is 28.6. The summed E-state index contributed by atoms with van der Waals surface area (Å²) < 4.78 is 0. The largest absolute Gasteiger partial charge is 0.347 e. The molecule has 0 fully saturated rings. The van der Waals surface area contributed by atoms with E-state index in [-0.39, 0.29) is 11.4 Å². The number of rotatable bonds is 7. The Morgan fingerprint density at radius 3 is 1.96 bits per heavy atom. The lowest BCUT2D eigenvalue weighted by Crippen LogP contribution is -2.45. The van der Waals surface area contributed by atoms with Crippen LogP contribution in [-0.4, -0.2) is 11.4 Å². The number of benzene rings is 3. The third-order valence-electron chi connectivity index (χ3n) is 4.73. The van der Waals surface area contributed by atoms with Gasteiger partial charge < -0.3 is 5.32 Å². The van der Waals surface area contributed by atoms with Crippen molar-refractivity contribution in [1.82, 2.24) is 5.32 Å². The summed E-state index contributed by atoms with van der Waals surface area (Å²) in [6.07, 6.45) is 2.58. The summed E-state index contributed by atoms with van der Waals surface area (Å²) in [5.41, 5.74) is 4.06. The highest BCUT2D eigenvalue weighted by atomic mass is 16.1. The second kappa shape index (κ2) is 8.68. The summed E-state index contributed by atoms with van der Waals surface area (Å²) >= 11 is 0. The van der Waals surface area contributed by atoms with Crippen molar-refractivity contribution in [3.05, 3.63) is 107 Å². The van der Waals surface area contributed by atoms with Gasteiger partial charge in [-0.05, 0) is 55.9 Å². The van der Waals surface area contributed by atoms with Crippen LogP contribution in [0, 0.1) is 0 Å². The molecule has 3 rings (SSSR count). The minimum atomic E-state index is -0.315. The van der Waals surface area contributed by atoms with Gasteiger partial charge in [-0.15, -0.1) is 0 Å². The maximum Gasteiger partial charge on any atom is 0.251 e. The Bertz CT molecular complexity index is 869. The number of amides is 1. The molecule has 0 saturated heterocycles. The molecule has 0 radical (unpaired) electrons. The number of nitrogens with one attached hydrogen (secondary N) is 1. The summed E-state index contributed by atoms with van der Waals surface area (Å²) in [5.74, 6) is -0.000377. The fourth-order valence-electron chi connectivity index (χ4n) is 3.41. The van der Waals surface area contributed by atoms with Gasteiger partial charge in [-0.3, -0.25) is 4.79 Å². The molecule has 0 aliphatic carbocycles. The Balaban J connectivity index is 1.69. The average molecular weight is 357 g/mol. The lowest BCUT2D eigenvalue weighted by atomic mass is 9.93. The number of hydrogen-bond acceptors (Lipinski definition) is 1. The summed E-state index contributed by atoms with van der Waals surface area (Å²) in [6.45, 7) is 4.15. The molecule has 0 heterocycles. The zero-order chi connectivity index (χ0) is 19.1. The minimum absolute atomic E-state index is 0.000377. The van der Waals surface area contributed by atoms with E-state index in [2.05, 4.69) is 61.6 Å². The highest BCUT2D eigenvalue weighted by Gasteiger charge is 2.22. The van der Waals surface area contributed by atoms with Crippen LogP contribution < -0.4 is 5.32 Å².